The molecule has 0 spiro atoms. The Morgan fingerprint density at radius 1 is 0.540 bits per heavy atom. The Balaban J connectivity index is 0.000000211. The fraction of sp³-hybridized carbons (Fsp3) is 0.600. The summed E-state index contributed by atoms with van der Waals surface area (Å²) in [5.41, 5.74) is -1.29. The molecule has 12 nitrogen and oxygen atoms in total. The second-order valence-corrected chi connectivity index (χ2v) is 22.5. The zero-order chi connectivity index (χ0) is 47.0. The minimum atomic E-state index is -0.606. The van der Waals surface area contributed by atoms with Gasteiger partial charge in [-0.1, -0.05) is 30.6 Å². The van der Waals surface area contributed by atoms with Crippen molar-refractivity contribution in [3.05, 3.63) is 63.3 Å². The topological polar surface area (TPSA) is 118 Å². The first-order valence-corrected chi connectivity index (χ1v) is 22.3. The van der Waals surface area contributed by atoms with Crippen molar-refractivity contribution in [2.24, 2.45) is 0 Å². The van der Waals surface area contributed by atoms with Crippen molar-refractivity contribution >= 4 is 99.7 Å². The number of aromatic nitrogens is 2. The zero-order valence-corrected chi connectivity index (χ0v) is 42.6. The van der Waals surface area contributed by atoms with Crippen molar-refractivity contribution in [2.45, 2.75) is 177 Å². The average molecular weight is 978 g/mol. The van der Waals surface area contributed by atoms with Gasteiger partial charge in [0.15, 0.2) is 0 Å². The first kappa shape index (κ1) is 53.1. The van der Waals surface area contributed by atoms with Crippen LogP contribution in [-0.2, 0) is 37.4 Å². The lowest BCUT2D eigenvalue weighted by Gasteiger charge is -2.32. The molecule has 346 valence electrons. The molecule has 63 heavy (non-hydrogen) atoms. The highest BCUT2D eigenvalue weighted by Crippen LogP contribution is 2.43. The Morgan fingerprint density at radius 3 is 1.22 bits per heavy atom. The van der Waals surface area contributed by atoms with Crippen molar-refractivity contribution < 1.29 is 47.0 Å². The summed E-state index contributed by atoms with van der Waals surface area (Å²) in [5, 5.41) is 2.84. The lowest BCUT2D eigenvalue weighted by molar-refractivity contribution is 0.00578. The van der Waals surface area contributed by atoms with Gasteiger partial charge in [0.1, 0.15) is 11.2 Å². The van der Waals surface area contributed by atoms with Crippen LogP contribution in [0.3, 0.4) is 0 Å². The number of benzene rings is 2. The van der Waals surface area contributed by atoms with Crippen LogP contribution >= 0.6 is 39.1 Å². The van der Waals surface area contributed by atoms with Gasteiger partial charge in [-0.3, -0.25) is 9.13 Å². The molecule has 3 fully saturated rings. The van der Waals surface area contributed by atoms with Crippen LogP contribution in [-0.4, -0.2) is 87.3 Å². The highest BCUT2D eigenvalue weighted by atomic mass is 79.9. The number of fused-ring (bicyclic) bond motifs is 2. The van der Waals surface area contributed by atoms with Crippen LogP contribution in [0, 0.1) is 0 Å². The molecule has 0 amide bonds. The zero-order valence-electron chi connectivity index (χ0n) is 39.5. The molecule has 7 rings (SSSR count). The van der Waals surface area contributed by atoms with Crippen LogP contribution in [0.1, 0.15) is 132 Å². The highest BCUT2D eigenvalue weighted by Gasteiger charge is 2.63. The minimum absolute atomic E-state index is 0. The quantitative estimate of drug-likeness (QED) is 0.180. The van der Waals surface area contributed by atoms with E-state index in [0.717, 1.165) is 26.2 Å². The largest absolute Gasteiger partial charge is 0.497 e. The van der Waals surface area contributed by atoms with Gasteiger partial charge in [-0.2, -0.15) is 0 Å². The number of carbonyl (C=O) groups is 2. The molecule has 3 aliphatic rings. The van der Waals surface area contributed by atoms with Crippen molar-refractivity contribution in [3.8, 4) is 0 Å². The third-order valence-corrected chi connectivity index (χ3v) is 13.8. The monoisotopic (exact) mass is 976 g/mol. The van der Waals surface area contributed by atoms with E-state index >= 15 is 0 Å². The van der Waals surface area contributed by atoms with E-state index in [1.165, 1.54) is 9.13 Å². The molecule has 2 aromatic carbocycles. The molecule has 3 saturated heterocycles. The summed E-state index contributed by atoms with van der Waals surface area (Å²) in [6, 6.07) is 10.8. The molecule has 2 aromatic heterocycles. The lowest BCUT2D eigenvalue weighted by Crippen LogP contribution is -2.41. The molecule has 0 unspecified atom stereocenters. The van der Waals surface area contributed by atoms with Crippen molar-refractivity contribution in [1.29, 1.82) is 0 Å². The van der Waals surface area contributed by atoms with E-state index in [-0.39, 0.29) is 29.8 Å². The third kappa shape index (κ3) is 11.2. The number of nitrogens with zero attached hydrogens (tertiary/aromatic N) is 2. The molecule has 4 aromatic rings. The Kier molecular flexibility index (Phi) is 15.1. The molecule has 0 N–H and O–H groups in total. The molecule has 3 aliphatic heterocycles. The van der Waals surface area contributed by atoms with Crippen molar-refractivity contribution in [1.82, 2.24) is 9.13 Å². The van der Waals surface area contributed by atoms with Crippen LogP contribution in [0.15, 0.2) is 53.3 Å². The Bertz CT molecular complexity index is 2250. The number of halogens is 3. The van der Waals surface area contributed by atoms with Gasteiger partial charge in [0.05, 0.1) is 49.7 Å². The molecule has 0 atom stereocenters. The van der Waals surface area contributed by atoms with E-state index in [2.05, 4.69) is 15.9 Å². The van der Waals surface area contributed by atoms with Crippen LogP contribution in [0.4, 0.5) is 9.59 Å². The fourth-order valence-electron chi connectivity index (χ4n) is 6.51. The van der Waals surface area contributed by atoms with Gasteiger partial charge in [-0.15, -0.1) is 0 Å². The fourth-order valence-corrected chi connectivity index (χ4v) is 7.39. The van der Waals surface area contributed by atoms with Gasteiger partial charge in [-0.05, 0) is 177 Å². The molecule has 18 heteroatoms. The first-order valence-electron chi connectivity index (χ1n) is 20.8. The maximum atomic E-state index is 12.5. The molecule has 0 aliphatic carbocycles. The molecule has 0 bridgehead atoms. The van der Waals surface area contributed by atoms with Crippen LogP contribution in [0.5, 0.6) is 0 Å². The number of rotatable bonds is 2. The number of carbonyl (C=O) groups excluding carboxylic acids is 2. The summed E-state index contributed by atoms with van der Waals surface area (Å²) in [4.78, 5) is 24.5. The number of hydrogen-bond acceptors (Lipinski definition) is 10. The summed E-state index contributed by atoms with van der Waals surface area (Å²) in [6.45, 7) is 35.2. The van der Waals surface area contributed by atoms with Gasteiger partial charge >= 0.3 is 33.3 Å². The van der Waals surface area contributed by atoms with Crippen LogP contribution < -0.4 is 5.46 Å². The van der Waals surface area contributed by atoms with Crippen molar-refractivity contribution in [2.75, 3.05) is 0 Å². The Hall–Kier alpha value is -2.53. The molecule has 0 saturated carbocycles. The molecular formula is C45H66B3BrCl2N2O10. The van der Waals surface area contributed by atoms with E-state index in [1.807, 2.05) is 137 Å². The van der Waals surface area contributed by atoms with E-state index in [0.29, 0.717) is 15.6 Å². The van der Waals surface area contributed by atoms with E-state index in [1.54, 1.807) is 36.7 Å². The van der Waals surface area contributed by atoms with E-state index < -0.39 is 55.7 Å². The maximum Gasteiger partial charge on any atom is 0.497 e. The number of hydrogen-bond donors (Lipinski definition) is 0. The summed E-state index contributed by atoms with van der Waals surface area (Å²) in [6.07, 6.45) is 2.53. The summed E-state index contributed by atoms with van der Waals surface area (Å²) >= 11 is 15.9. The normalized spacial score (nSPS) is 20.4. The van der Waals surface area contributed by atoms with Gasteiger partial charge in [0.2, 0.25) is 0 Å². The standard InChI is InChI=1S/C19H25BClNO4.C13H13BrClNO2.C12H24B2O4.CH4/c1-17(2,3)24-16(23)22-11-10-12-14(22)9-8-13(21)15(12)20-25-18(4,5)19(6,7)26-20;1-13(2,3)18-12(17)16-7-6-8-10(16)5-4-9(15)11(8)14;1-9(2)10(3,4)16-13(15-9)14-17-11(5,6)12(7,8)18-14;/h8-11H,1-7H3;4-7H,1-3H3;1-8H3;1H4. The second kappa shape index (κ2) is 17.9. The minimum Gasteiger partial charge on any atom is -0.443 e. The first-order chi connectivity index (χ1) is 28.0. The van der Waals surface area contributed by atoms with Gasteiger partial charge in [-0.25, -0.2) is 9.59 Å². The third-order valence-electron chi connectivity index (χ3n) is 12.1. The molecule has 0 radical (unpaired) electrons. The Morgan fingerprint density at radius 2 is 0.857 bits per heavy atom. The predicted molar refractivity (Wildman–Crippen MR) is 259 cm³/mol. The lowest BCUT2D eigenvalue weighted by atomic mass is 9.49. The number of ether oxygens (including phenoxy) is 2. The van der Waals surface area contributed by atoms with Crippen molar-refractivity contribution in [3.63, 3.8) is 0 Å². The second-order valence-electron chi connectivity index (χ2n) is 20.9. The van der Waals surface area contributed by atoms with Crippen LogP contribution in [0.2, 0.25) is 10.0 Å². The summed E-state index contributed by atoms with van der Waals surface area (Å²) in [5.74, 6) is 0. The predicted octanol–water partition coefficient (Wildman–Crippen LogP) is 12.1. The highest BCUT2D eigenvalue weighted by molar-refractivity contribution is 9.10. The Labute approximate surface area is 394 Å². The molecule has 5 heterocycles. The van der Waals surface area contributed by atoms with Crippen LogP contribution in [0.25, 0.3) is 21.8 Å². The van der Waals surface area contributed by atoms with E-state index in [9.17, 15) is 9.59 Å². The smallest absolute Gasteiger partial charge is 0.443 e. The maximum absolute atomic E-state index is 12.5. The SMILES string of the molecule is C.CC(C)(C)OC(=O)n1ccc2c(B3OC(C)(C)C(C)(C)O3)c(Cl)ccc21.CC(C)(C)OC(=O)n1ccc2c(Br)c(Cl)ccc21.CC1(C)OB(B2OC(C)(C)C(C)(C)O2)OC1(C)C. The average Bonchev–Trinajstić information content (AvgIpc) is 3.85. The van der Waals surface area contributed by atoms with Gasteiger partial charge in [0.25, 0.3) is 0 Å². The summed E-state index contributed by atoms with van der Waals surface area (Å²) < 4.78 is 50.7. The van der Waals surface area contributed by atoms with E-state index in [4.69, 9.17) is 60.6 Å². The van der Waals surface area contributed by atoms with Gasteiger partial charge < -0.3 is 37.4 Å². The summed E-state index contributed by atoms with van der Waals surface area (Å²) in [7, 11) is -1.56. The van der Waals surface area contributed by atoms with Gasteiger partial charge in [0, 0.05) is 38.1 Å². The molecular weight excluding hydrogens is 912 g/mol.